The van der Waals surface area contributed by atoms with Crippen LogP contribution in [0.1, 0.15) is 39.0 Å². The summed E-state index contributed by atoms with van der Waals surface area (Å²) in [6, 6.07) is 0. The monoisotopic (exact) mass is 241 g/mol. The Kier molecular flexibility index (Phi) is 4.05. The smallest absolute Gasteiger partial charge is 0.325 e. The Labute approximate surface area is 103 Å². The van der Waals surface area contributed by atoms with Crippen LogP contribution < -0.4 is 5.32 Å². The molecule has 0 aromatic carbocycles. The molecule has 1 saturated carbocycles. The Morgan fingerprint density at radius 3 is 2.76 bits per heavy atom. The molecule has 0 aromatic heterocycles. The second kappa shape index (κ2) is 5.36. The number of carbonyl (C=O) groups is 1. The fraction of sp³-hybridized carbons (Fsp3) is 0.923. The minimum Gasteiger partial charge on any atom is -0.468 e. The molecule has 2 rings (SSSR count). The highest BCUT2D eigenvalue weighted by atomic mass is 16.5. The molecule has 17 heavy (non-hydrogen) atoms. The molecule has 1 heterocycles. The number of carbonyl (C=O) groups excluding carboxylic acids is 1. The standard InChI is InChI=1S/C13H23NO3/c1-13(12(15)16-2,8-10-5-6-10)14-9-11-4-3-7-17-11/h10-11,14H,3-9H2,1-2H3. The summed E-state index contributed by atoms with van der Waals surface area (Å²) in [5.74, 6) is 0.540. The first-order valence-corrected chi connectivity index (χ1v) is 6.59. The molecule has 0 amide bonds. The molecule has 2 fully saturated rings. The van der Waals surface area contributed by atoms with E-state index >= 15 is 0 Å². The van der Waals surface area contributed by atoms with Gasteiger partial charge < -0.3 is 9.47 Å². The van der Waals surface area contributed by atoms with Crippen LogP contribution in [0.15, 0.2) is 0 Å². The van der Waals surface area contributed by atoms with E-state index in [2.05, 4.69) is 5.32 Å². The van der Waals surface area contributed by atoms with Gasteiger partial charge in [-0.2, -0.15) is 0 Å². The van der Waals surface area contributed by atoms with E-state index < -0.39 is 5.54 Å². The predicted molar refractivity (Wildman–Crippen MR) is 64.7 cm³/mol. The molecule has 98 valence electrons. The highest BCUT2D eigenvalue weighted by Crippen LogP contribution is 2.37. The fourth-order valence-corrected chi connectivity index (χ4v) is 2.50. The summed E-state index contributed by atoms with van der Waals surface area (Å²) < 4.78 is 10.5. The van der Waals surface area contributed by atoms with E-state index in [1.165, 1.54) is 20.0 Å². The Hall–Kier alpha value is -0.610. The molecule has 0 aromatic rings. The van der Waals surface area contributed by atoms with Crippen LogP contribution in [0.3, 0.4) is 0 Å². The van der Waals surface area contributed by atoms with Gasteiger partial charge in [0, 0.05) is 13.2 Å². The molecule has 2 atom stereocenters. The van der Waals surface area contributed by atoms with Crippen LogP contribution >= 0.6 is 0 Å². The van der Waals surface area contributed by atoms with Gasteiger partial charge in [-0.05, 0) is 32.1 Å². The average molecular weight is 241 g/mol. The Balaban J connectivity index is 1.86. The maximum Gasteiger partial charge on any atom is 0.325 e. The lowest BCUT2D eigenvalue weighted by Gasteiger charge is -2.29. The fourth-order valence-electron chi connectivity index (χ4n) is 2.50. The van der Waals surface area contributed by atoms with Gasteiger partial charge in [0.2, 0.25) is 0 Å². The summed E-state index contributed by atoms with van der Waals surface area (Å²) in [5, 5.41) is 3.36. The number of rotatable bonds is 6. The summed E-state index contributed by atoms with van der Waals surface area (Å²) in [6.45, 7) is 3.55. The molecule has 1 N–H and O–H groups in total. The molecular formula is C13H23NO3. The van der Waals surface area contributed by atoms with Crippen LogP contribution in [0.5, 0.6) is 0 Å². The summed E-state index contributed by atoms with van der Waals surface area (Å²) in [4.78, 5) is 11.9. The number of hydrogen-bond donors (Lipinski definition) is 1. The van der Waals surface area contributed by atoms with Gasteiger partial charge in [-0.1, -0.05) is 12.8 Å². The topological polar surface area (TPSA) is 47.6 Å². The molecule has 0 bridgehead atoms. The molecule has 1 saturated heterocycles. The summed E-state index contributed by atoms with van der Waals surface area (Å²) in [5.41, 5.74) is -0.540. The maximum atomic E-state index is 11.9. The molecule has 2 aliphatic rings. The summed E-state index contributed by atoms with van der Waals surface area (Å²) in [6.07, 6.45) is 5.85. The second-order valence-corrected chi connectivity index (χ2v) is 5.49. The van der Waals surface area contributed by atoms with Crippen LogP contribution in [0.2, 0.25) is 0 Å². The van der Waals surface area contributed by atoms with E-state index in [1.807, 2.05) is 6.92 Å². The van der Waals surface area contributed by atoms with Crippen molar-refractivity contribution in [1.29, 1.82) is 0 Å². The van der Waals surface area contributed by atoms with Crippen LogP contribution in [-0.4, -0.2) is 37.9 Å². The van der Waals surface area contributed by atoms with Crippen LogP contribution in [0, 0.1) is 5.92 Å². The van der Waals surface area contributed by atoms with Crippen molar-refractivity contribution >= 4 is 5.97 Å². The lowest BCUT2D eigenvalue weighted by molar-refractivity contribution is -0.148. The number of ether oxygens (including phenoxy) is 2. The van der Waals surface area contributed by atoms with Crippen LogP contribution in [0.25, 0.3) is 0 Å². The van der Waals surface area contributed by atoms with Gasteiger partial charge >= 0.3 is 5.97 Å². The third kappa shape index (κ3) is 3.42. The molecular weight excluding hydrogens is 218 g/mol. The highest BCUT2D eigenvalue weighted by Gasteiger charge is 2.40. The lowest BCUT2D eigenvalue weighted by atomic mass is 9.94. The van der Waals surface area contributed by atoms with Gasteiger partial charge in [-0.25, -0.2) is 0 Å². The summed E-state index contributed by atoms with van der Waals surface area (Å²) >= 11 is 0. The van der Waals surface area contributed by atoms with Gasteiger partial charge in [0.1, 0.15) is 5.54 Å². The first-order chi connectivity index (χ1) is 8.14. The number of esters is 1. The lowest BCUT2D eigenvalue weighted by Crippen LogP contribution is -2.52. The molecule has 2 unspecified atom stereocenters. The Bertz CT molecular complexity index is 272. The van der Waals surface area contributed by atoms with Crippen LogP contribution in [0.4, 0.5) is 0 Å². The van der Waals surface area contributed by atoms with Gasteiger partial charge in [0.15, 0.2) is 0 Å². The first-order valence-electron chi connectivity index (χ1n) is 6.59. The molecule has 0 radical (unpaired) electrons. The van der Waals surface area contributed by atoms with Crippen molar-refractivity contribution < 1.29 is 14.3 Å². The van der Waals surface area contributed by atoms with Crippen molar-refractivity contribution in [2.24, 2.45) is 5.92 Å². The van der Waals surface area contributed by atoms with Crippen molar-refractivity contribution in [3.05, 3.63) is 0 Å². The maximum absolute atomic E-state index is 11.9. The van der Waals surface area contributed by atoms with E-state index in [0.29, 0.717) is 5.92 Å². The zero-order chi connectivity index (χ0) is 12.3. The quantitative estimate of drug-likeness (QED) is 0.716. The molecule has 4 heteroatoms. The molecule has 1 aliphatic heterocycles. The van der Waals surface area contributed by atoms with Crippen LogP contribution in [-0.2, 0) is 14.3 Å². The zero-order valence-corrected chi connectivity index (χ0v) is 10.8. The minimum atomic E-state index is -0.540. The SMILES string of the molecule is COC(=O)C(C)(CC1CC1)NCC1CCCO1. The Morgan fingerprint density at radius 1 is 1.47 bits per heavy atom. The molecule has 0 spiro atoms. The average Bonchev–Trinajstić information content (AvgIpc) is 2.97. The van der Waals surface area contributed by atoms with Crippen molar-refractivity contribution in [2.75, 3.05) is 20.3 Å². The van der Waals surface area contributed by atoms with E-state index in [0.717, 1.165) is 32.4 Å². The predicted octanol–water partition coefficient (Wildman–Crippen LogP) is 1.49. The van der Waals surface area contributed by atoms with Gasteiger partial charge in [-0.15, -0.1) is 0 Å². The van der Waals surface area contributed by atoms with Crippen molar-refractivity contribution in [3.8, 4) is 0 Å². The van der Waals surface area contributed by atoms with Gasteiger partial charge in [0.25, 0.3) is 0 Å². The third-order valence-electron chi connectivity index (χ3n) is 3.77. The van der Waals surface area contributed by atoms with Crippen molar-refractivity contribution in [3.63, 3.8) is 0 Å². The second-order valence-electron chi connectivity index (χ2n) is 5.49. The van der Waals surface area contributed by atoms with E-state index in [1.54, 1.807) is 0 Å². The minimum absolute atomic E-state index is 0.151. The van der Waals surface area contributed by atoms with Crippen molar-refractivity contribution in [1.82, 2.24) is 5.32 Å². The van der Waals surface area contributed by atoms with E-state index in [9.17, 15) is 4.79 Å². The third-order valence-corrected chi connectivity index (χ3v) is 3.77. The van der Waals surface area contributed by atoms with Gasteiger partial charge in [-0.3, -0.25) is 10.1 Å². The molecule has 1 aliphatic carbocycles. The van der Waals surface area contributed by atoms with Crippen molar-refractivity contribution in [2.45, 2.75) is 50.7 Å². The highest BCUT2D eigenvalue weighted by molar-refractivity contribution is 5.80. The van der Waals surface area contributed by atoms with E-state index in [4.69, 9.17) is 9.47 Å². The van der Waals surface area contributed by atoms with Gasteiger partial charge in [0.05, 0.1) is 13.2 Å². The number of nitrogens with one attached hydrogen (secondary N) is 1. The number of hydrogen-bond acceptors (Lipinski definition) is 4. The first kappa shape index (κ1) is 12.8. The largest absolute Gasteiger partial charge is 0.468 e. The summed E-state index contributed by atoms with van der Waals surface area (Å²) in [7, 11) is 1.46. The van der Waals surface area contributed by atoms with E-state index in [-0.39, 0.29) is 12.1 Å². The Morgan fingerprint density at radius 2 is 2.24 bits per heavy atom. The normalized spacial score (nSPS) is 27.8. The molecule has 4 nitrogen and oxygen atoms in total. The number of methoxy groups -OCH3 is 1. The zero-order valence-electron chi connectivity index (χ0n) is 10.8.